The molecule has 0 spiro atoms. The van der Waals surface area contributed by atoms with Gasteiger partial charge >= 0.3 is 0 Å². The van der Waals surface area contributed by atoms with Crippen LogP contribution in [0.5, 0.6) is 0 Å². The van der Waals surface area contributed by atoms with Crippen LogP contribution in [0.15, 0.2) is 11.8 Å². The van der Waals surface area contributed by atoms with E-state index in [1.807, 2.05) is 12.2 Å². The van der Waals surface area contributed by atoms with Crippen LogP contribution in [0.1, 0.15) is 19.8 Å². The van der Waals surface area contributed by atoms with E-state index in [4.69, 9.17) is 4.80 Å². The van der Waals surface area contributed by atoms with E-state index in [1.54, 1.807) is 0 Å². The summed E-state index contributed by atoms with van der Waals surface area (Å²) in [4.78, 5) is 8.83. The maximum absolute atomic E-state index is 8.83. The van der Waals surface area contributed by atoms with E-state index < -0.39 is 9.04 Å². The fourth-order valence-corrected chi connectivity index (χ4v) is 1.05. The quantitative estimate of drug-likeness (QED) is 0.570. The van der Waals surface area contributed by atoms with Crippen molar-refractivity contribution in [2.75, 3.05) is 0 Å². The first-order chi connectivity index (χ1) is 3.77. The van der Waals surface area contributed by atoms with Gasteiger partial charge in [0.1, 0.15) is 0 Å². The maximum Gasteiger partial charge on any atom is 0.193 e. The summed E-state index contributed by atoms with van der Waals surface area (Å²) in [6.45, 7) is 4.03. The molecule has 8 heavy (non-hydrogen) atoms. The molecule has 0 aromatic heterocycles. The highest BCUT2D eigenvalue weighted by Crippen LogP contribution is 1.88. The number of hydrogen-bond donors (Lipinski definition) is 1. The molecular weight excluding hydrogens is 116 g/mol. The van der Waals surface area contributed by atoms with E-state index in [9.17, 15) is 0 Å². The van der Waals surface area contributed by atoms with Gasteiger partial charge in [0.05, 0.1) is 0 Å². The Morgan fingerprint density at radius 3 is 2.62 bits per heavy atom. The van der Waals surface area contributed by atoms with Gasteiger partial charge in [0.15, 0.2) is 9.04 Å². The lowest BCUT2D eigenvalue weighted by molar-refractivity contribution is 0.592. The third-order valence-corrected chi connectivity index (χ3v) is 1.70. The summed E-state index contributed by atoms with van der Waals surface area (Å²) in [6.07, 6.45) is 4.35. The fourth-order valence-electron chi connectivity index (χ4n) is 0.460. The zero-order chi connectivity index (χ0) is 6.41. The molecule has 0 fully saturated rings. The first kappa shape index (κ1) is 7.92. The molecule has 0 aliphatic carbocycles. The van der Waals surface area contributed by atoms with Crippen molar-refractivity contribution in [3.05, 3.63) is 11.8 Å². The molecule has 0 saturated carbocycles. The van der Waals surface area contributed by atoms with Crippen LogP contribution in [0.2, 0.25) is 6.55 Å². The Balaban J connectivity index is 3.07. The Kier molecular flexibility index (Phi) is 5.01. The van der Waals surface area contributed by atoms with E-state index in [0.717, 1.165) is 6.42 Å². The highest BCUT2D eigenvalue weighted by atomic mass is 28.3. The van der Waals surface area contributed by atoms with E-state index in [-0.39, 0.29) is 0 Å². The summed E-state index contributed by atoms with van der Waals surface area (Å²) >= 11 is 0. The monoisotopic (exact) mass is 130 g/mol. The molecule has 0 rings (SSSR count). The Hall–Kier alpha value is -0.0831. The molecular formula is C6H14OSi. The van der Waals surface area contributed by atoms with Crippen molar-refractivity contribution in [3.8, 4) is 0 Å². The van der Waals surface area contributed by atoms with Crippen molar-refractivity contribution in [3.63, 3.8) is 0 Å². The van der Waals surface area contributed by atoms with Crippen molar-refractivity contribution < 1.29 is 4.80 Å². The second-order valence-corrected chi connectivity index (χ2v) is 3.82. The molecule has 1 unspecified atom stereocenters. The molecule has 0 bridgehead atoms. The first-order valence-corrected chi connectivity index (χ1v) is 5.46. The average Bonchev–Trinajstić information content (AvgIpc) is 1.66. The van der Waals surface area contributed by atoms with Gasteiger partial charge in [0.2, 0.25) is 0 Å². The zero-order valence-corrected chi connectivity index (χ0v) is 6.75. The second-order valence-electron chi connectivity index (χ2n) is 1.96. The Morgan fingerprint density at radius 2 is 2.25 bits per heavy atom. The predicted molar refractivity (Wildman–Crippen MR) is 39.3 cm³/mol. The van der Waals surface area contributed by atoms with Crippen molar-refractivity contribution in [2.24, 2.45) is 0 Å². The average molecular weight is 130 g/mol. The van der Waals surface area contributed by atoms with Crippen molar-refractivity contribution in [2.45, 2.75) is 26.3 Å². The molecule has 0 aliphatic rings. The van der Waals surface area contributed by atoms with Crippen LogP contribution < -0.4 is 0 Å². The van der Waals surface area contributed by atoms with Crippen LogP contribution in [0.4, 0.5) is 0 Å². The number of unbranched alkanes of at least 4 members (excludes halogenated alkanes) is 1. The van der Waals surface area contributed by atoms with Gasteiger partial charge in [0, 0.05) is 0 Å². The van der Waals surface area contributed by atoms with Gasteiger partial charge in [0.25, 0.3) is 0 Å². The van der Waals surface area contributed by atoms with Crippen LogP contribution in [-0.4, -0.2) is 13.8 Å². The zero-order valence-electron chi connectivity index (χ0n) is 5.59. The molecule has 1 atom stereocenters. The van der Waals surface area contributed by atoms with Crippen LogP contribution in [0, 0.1) is 0 Å². The number of hydrogen-bond acceptors (Lipinski definition) is 1. The standard InChI is InChI=1S/C6H14OSi/c1-3-4-5-6-8(2)7/h5-8H,3-4H2,1-2H3. The van der Waals surface area contributed by atoms with Gasteiger partial charge in [-0.05, 0) is 13.0 Å². The predicted octanol–water partition coefficient (Wildman–Crippen LogP) is 1.23. The fraction of sp³-hybridized carbons (Fsp3) is 0.667. The van der Waals surface area contributed by atoms with Crippen molar-refractivity contribution in [1.29, 1.82) is 0 Å². The van der Waals surface area contributed by atoms with E-state index in [1.165, 1.54) is 6.42 Å². The molecule has 48 valence electrons. The van der Waals surface area contributed by atoms with Gasteiger partial charge in [-0.25, -0.2) is 0 Å². The topological polar surface area (TPSA) is 20.2 Å². The molecule has 0 radical (unpaired) electrons. The van der Waals surface area contributed by atoms with E-state index in [2.05, 4.69) is 13.0 Å². The molecule has 0 saturated heterocycles. The Labute approximate surface area is 52.8 Å². The van der Waals surface area contributed by atoms with Gasteiger partial charge in [-0.2, -0.15) is 0 Å². The third kappa shape index (κ3) is 5.92. The van der Waals surface area contributed by atoms with Crippen LogP contribution in [0.25, 0.3) is 0 Å². The number of rotatable bonds is 3. The van der Waals surface area contributed by atoms with Crippen LogP contribution in [0.3, 0.4) is 0 Å². The summed E-state index contributed by atoms with van der Waals surface area (Å²) in [5.41, 5.74) is 1.95. The smallest absolute Gasteiger partial charge is 0.193 e. The third-order valence-electron chi connectivity index (χ3n) is 0.870. The molecule has 1 nitrogen and oxygen atoms in total. The molecule has 0 heterocycles. The minimum atomic E-state index is -1.38. The van der Waals surface area contributed by atoms with Gasteiger partial charge in [-0.15, -0.1) is 0 Å². The van der Waals surface area contributed by atoms with Crippen molar-refractivity contribution >= 4 is 9.04 Å². The van der Waals surface area contributed by atoms with Crippen molar-refractivity contribution in [1.82, 2.24) is 0 Å². The maximum atomic E-state index is 8.83. The summed E-state index contributed by atoms with van der Waals surface area (Å²) in [5, 5.41) is 0. The summed E-state index contributed by atoms with van der Waals surface area (Å²) in [5.74, 6) is 0. The van der Waals surface area contributed by atoms with Gasteiger partial charge in [-0.3, -0.25) is 0 Å². The lowest BCUT2D eigenvalue weighted by Crippen LogP contribution is -1.98. The molecule has 0 aliphatic heterocycles. The van der Waals surface area contributed by atoms with Gasteiger partial charge < -0.3 is 4.80 Å². The number of allylic oxidation sites excluding steroid dienone is 1. The summed E-state index contributed by atoms with van der Waals surface area (Å²) in [7, 11) is -1.38. The highest BCUT2D eigenvalue weighted by Gasteiger charge is 1.85. The van der Waals surface area contributed by atoms with Crippen LogP contribution in [-0.2, 0) is 0 Å². The highest BCUT2D eigenvalue weighted by molar-refractivity contribution is 6.54. The first-order valence-electron chi connectivity index (χ1n) is 3.12. The van der Waals surface area contributed by atoms with Gasteiger partial charge in [-0.1, -0.05) is 25.1 Å². The molecule has 0 amide bonds. The second kappa shape index (κ2) is 5.06. The van der Waals surface area contributed by atoms with Crippen LogP contribution >= 0.6 is 0 Å². The SMILES string of the molecule is CCCC=C[SiH](C)O. The normalized spacial score (nSPS) is 14.9. The Bertz CT molecular complexity index is 68.9. The lowest BCUT2D eigenvalue weighted by atomic mass is 10.3. The molecule has 1 N–H and O–H groups in total. The Morgan fingerprint density at radius 1 is 1.62 bits per heavy atom. The van der Waals surface area contributed by atoms with E-state index >= 15 is 0 Å². The van der Waals surface area contributed by atoms with E-state index in [0.29, 0.717) is 0 Å². The minimum Gasteiger partial charge on any atom is -0.431 e. The largest absolute Gasteiger partial charge is 0.431 e. The lowest BCUT2D eigenvalue weighted by Gasteiger charge is -1.88. The summed E-state index contributed by atoms with van der Waals surface area (Å²) < 4.78 is 0. The minimum absolute atomic E-state index is 1.11. The molecule has 0 aromatic rings. The molecule has 2 heteroatoms. The summed E-state index contributed by atoms with van der Waals surface area (Å²) in [6, 6.07) is 0. The molecule has 0 aromatic carbocycles.